The summed E-state index contributed by atoms with van der Waals surface area (Å²) in [5, 5.41) is 0. The van der Waals surface area contributed by atoms with E-state index in [4.69, 9.17) is 10.5 Å². The topological polar surface area (TPSA) is 48.1 Å². The van der Waals surface area contributed by atoms with Crippen molar-refractivity contribution in [1.29, 1.82) is 0 Å². The maximum atomic E-state index is 12.8. The molecule has 1 aromatic heterocycles. The maximum absolute atomic E-state index is 12.8. The van der Waals surface area contributed by atoms with E-state index in [1.54, 1.807) is 37.7 Å². The highest BCUT2D eigenvalue weighted by Crippen LogP contribution is 2.27. The van der Waals surface area contributed by atoms with Crippen molar-refractivity contribution in [1.82, 2.24) is 4.98 Å². The van der Waals surface area contributed by atoms with Gasteiger partial charge in [-0.05, 0) is 23.8 Å². The van der Waals surface area contributed by atoms with Crippen molar-refractivity contribution >= 4 is 0 Å². The van der Waals surface area contributed by atoms with Gasteiger partial charge in [-0.2, -0.15) is 0 Å². The van der Waals surface area contributed by atoms with Crippen LogP contribution in [0.4, 0.5) is 4.39 Å². The fourth-order valence-electron chi connectivity index (χ4n) is 1.67. The maximum Gasteiger partial charge on any atom is 0.142 e. The van der Waals surface area contributed by atoms with Gasteiger partial charge in [0.05, 0.1) is 19.3 Å². The van der Waals surface area contributed by atoms with Gasteiger partial charge in [0.15, 0.2) is 0 Å². The second-order valence-electron chi connectivity index (χ2n) is 3.65. The number of aromatic nitrogens is 1. The molecule has 0 spiro atoms. The molecule has 88 valence electrons. The third-order valence-electron chi connectivity index (χ3n) is 2.60. The first-order valence-electron chi connectivity index (χ1n) is 5.21. The fraction of sp³-hybridized carbons (Fsp3) is 0.154. The summed E-state index contributed by atoms with van der Waals surface area (Å²) in [4.78, 5) is 3.97. The van der Waals surface area contributed by atoms with Gasteiger partial charge in [0.25, 0.3) is 0 Å². The summed E-state index contributed by atoms with van der Waals surface area (Å²) in [5.41, 5.74) is 7.77. The zero-order chi connectivity index (χ0) is 12.3. The van der Waals surface area contributed by atoms with Gasteiger partial charge in [0, 0.05) is 11.8 Å². The quantitative estimate of drug-likeness (QED) is 0.883. The molecule has 0 amide bonds. The molecule has 1 aromatic carbocycles. The molecule has 1 atom stereocenters. The predicted octanol–water partition coefficient (Wildman–Crippen LogP) is 2.28. The van der Waals surface area contributed by atoms with Crippen molar-refractivity contribution in [2.45, 2.75) is 6.04 Å². The van der Waals surface area contributed by atoms with Crippen LogP contribution in [0, 0.1) is 5.82 Å². The summed E-state index contributed by atoms with van der Waals surface area (Å²) in [6.07, 6.45) is 3.26. The molecular weight excluding hydrogens is 219 g/mol. The second-order valence-corrected chi connectivity index (χ2v) is 3.65. The number of benzene rings is 1. The summed E-state index contributed by atoms with van der Waals surface area (Å²) in [6.45, 7) is 0. The Balaban J connectivity index is 2.36. The largest absolute Gasteiger partial charge is 0.495 e. The lowest BCUT2D eigenvalue weighted by Crippen LogP contribution is -2.13. The Bertz CT molecular complexity index is 499. The van der Waals surface area contributed by atoms with Crippen LogP contribution >= 0.6 is 0 Å². The Kier molecular flexibility index (Phi) is 3.35. The Morgan fingerprint density at radius 1 is 1.24 bits per heavy atom. The van der Waals surface area contributed by atoms with Gasteiger partial charge in [-0.15, -0.1) is 0 Å². The van der Waals surface area contributed by atoms with Crippen molar-refractivity contribution in [3.05, 3.63) is 59.7 Å². The van der Waals surface area contributed by atoms with Crippen LogP contribution < -0.4 is 10.5 Å². The van der Waals surface area contributed by atoms with Crippen LogP contribution in [0.2, 0.25) is 0 Å². The van der Waals surface area contributed by atoms with Gasteiger partial charge in [0.1, 0.15) is 11.6 Å². The van der Waals surface area contributed by atoms with Crippen molar-refractivity contribution in [2.24, 2.45) is 5.73 Å². The van der Waals surface area contributed by atoms with Crippen LogP contribution in [0.15, 0.2) is 42.7 Å². The summed E-state index contributed by atoms with van der Waals surface area (Å²) in [5.74, 6) is 0.354. The van der Waals surface area contributed by atoms with Crippen molar-refractivity contribution in [2.75, 3.05) is 7.11 Å². The summed E-state index contributed by atoms with van der Waals surface area (Å²) in [6, 6.07) is 7.56. The standard InChI is InChI=1S/C13H13FN2O/c1-17-12-8-16-7-6-11(12)13(15)9-2-4-10(14)5-3-9/h2-8,13H,15H2,1H3. The van der Waals surface area contributed by atoms with Crippen LogP contribution in [-0.4, -0.2) is 12.1 Å². The molecular formula is C13H13FN2O. The van der Waals surface area contributed by atoms with E-state index >= 15 is 0 Å². The van der Waals surface area contributed by atoms with Crippen LogP contribution in [0.25, 0.3) is 0 Å². The Labute approximate surface area is 99.1 Å². The summed E-state index contributed by atoms with van der Waals surface area (Å²) >= 11 is 0. The SMILES string of the molecule is COc1cnccc1C(N)c1ccc(F)cc1. The minimum Gasteiger partial charge on any atom is -0.495 e. The molecule has 1 unspecified atom stereocenters. The molecule has 3 nitrogen and oxygen atoms in total. The molecule has 0 aliphatic heterocycles. The first-order chi connectivity index (χ1) is 8.22. The smallest absolute Gasteiger partial charge is 0.142 e. The lowest BCUT2D eigenvalue weighted by molar-refractivity contribution is 0.406. The number of pyridine rings is 1. The van der Waals surface area contributed by atoms with E-state index in [2.05, 4.69) is 4.98 Å². The number of halogens is 1. The van der Waals surface area contributed by atoms with E-state index in [-0.39, 0.29) is 11.9 Å². The van der Waals surface area contributed by atoms with E-state index in [1.165, 1.54) is 12.1 Å². The zero-order valence-electron chi connectivity index (χ0n) is 9.43. The second kappa shape index (κ2) is 4.93. The zero-order valence-corrected chi connectivity index (χ0v) is 9.43. The molecule has 4 heteroatoms. The summed E-state index contributed by atoms with van der Waals surface area (Å²) in [7, 11) is 1.57. The van der Waals surface area contributed by atoms with Crippen LogP contribution in [0.3, 0.4) is 0 Å². The van der Waals surface area contributed by atoms with Crippen molar-refractivity contribution in [3.63, 3.8) is 0 Å². The first-order valence-corrected chi connectivity index (χ1v) is 5.21. The van der Waals surface area contributed by atoms with E-state index in [9.17, 15) is 4.39 Å². The number of nitrogens with two attached hydrogens (primary N) is 1. The predicted molar refractivity (Wildman–Crippen MR) is 63.2 cm³/mol. The van der Waals surface area contributed by atoms with Crippen LogP contribution in [-0.2, 0) is 0 Å². The molecule has 0 saturated heterocycles. The van der Waals surface area contributed by atoms with Crippen molar-refractivity contribution < 1.29 is 9.13 Å². The van der Waals surface area contributed by atoms with Gasteiger partial charge in [-0.3, -0.25) is 4.98 Å². The third-order valence-corrected chi connectivity index (χ3v) is 2.60. The highest BCUT2D eigenvalue weighted by Gasteiger charge is 2.13. The van der Waals surface area contributed by atoms with Crippen molar-refractivity contribution in [3.8, 4) is 5.75 Å². The average molecular weight is 232 g/mol. The lowest BCUT2D eigenvalue weighted by atomic mass is 10.00. The highest BCUT2D eigenvalue weighted by atomic mass is 19.1. The minimum absolute atomic E-state index is 0.275. The van der Waals surface area contributed by atoms with E-state index in [0.29, 0.717) is 5.75 Å². The Hall–Kier alpha value is -1.94. The third kappa shape index (κ3) is 2.42. The van der Waals surface area contributed by atoms with E-state index in [0.717, 1.165) is 11.1 Å². The van der Waals surface area contributed by atoms with Gasteiger partial charge in [-0.1, -0.05) is 12.1 Å². The molecule has 0 saturated carbocycles. The molecule has 17 heavy (non-hydrogen) atoms. The van der Waals surface area contributed by atoms with Gasteiger partial charge in [0.2, 0.25) is 0 Å². The molecule has 1 heterocycles. The lowest BCUT2D eigenvalue weighted by Gasteiger charge is -2.15. The number of hydrogen-bond acceptors (Lipinski definition) is 3. The molecule has 2 rings (SSSR count). The molecule has 0 fully saturated rings. The number of methoxy groups -OCH3 is 1. The van der Waals surface area contributed by atoms with Gasteiger partial charge >= 0.3 is 0 Å². The molecule has 2 N–H and O–H groups in total. The van der Waals surface area contributed by atoms with Crippen LogP contribution in [0.5, 0.6) is 5.75 Å². The first kappa shape index (κ1) is 11.5. The highest BCUT2D eigenvalue weighted by molar-refractivity contribution is 5.39. The van der Waals surface area contributed by atoms with Crippen LogP contribution in [0.1, 0.15) is 17.2 Å². The number of nitrogens with zero attached hydrogens (tertiary/aromatic N) is 1. The minimum atomic E-state index is -0.353. The summed E-state index contributed by atoms with van der Waals surface area (Å²) < 4.78 is 18.0. The monoisotopic (exact) mass is 232 g/mol. The average Bonchev–Trinajstić information content (AvgIpc) is 2.39. The Morgan fingerprint density at radius 3 is 2.59 bits per heavy atom. The fourth-order valence-corrected chi connectivity index (χ4v) is 1.67. The number of hydrogen-bond donors (Lipinski definition) is 1. The van der Waals surface area contributed by atoms with Gasteiger partial charge in [-0.25, -0.2) is 4.39 Å². The molecule has 2 aromatic rings. The molecule has 0 aliphatic rings. The van der Waals surface area contributed by atoms with E-state index in [1.807, 2.05) is 0 Å². The molecule has 0 radical (unpaired) electrons. The Morgan fingerprint density at radius 2 is 1.94 bits per heavy atom. The van der Waals surface area contributed by atoms with Gasteiger partial charge < -0.3 is 10.5 Å². The van der Waals surface area contributed by atoms with E-state index < -0.39 is 0 Å². The molecule has 0 bridgehead atoms. The normalized spacial score (nSPS) is 12.2. The number of ether oxygens (including phenoxy) is 1. The number of rotatable bonds is 3. The molecule has 0 aliphatic carbocycles.